The molecule has 2 aromatic carbocycles. The zero-order valence-electron chi connectivity index (χ0n) is 16.1. The molecule has 1 heterocycles. The summed E-state index contributed by atoms with van der Waals surface area (Å²) in [4.78, 5) is 24.4. The van der Waals surface area contributed by atoms with E-state index in [0.717, 1.165) is 16.9 Å². The van der Waals surface area contributed by atoms with Gasteiger partial charge >= 0.3 is 5.97 Å². The van der Waals surface area contributed by atoms with E-state index < -0.39 is 28.0 Å². The van der Waals surface area contributed by atoms with Gasteiger partial charge in [-0.25, -0.2) is 13.2 Å². The lowest BCUT2D eigenvalue weighted by Crippen LogP contribution is -2.35. The number of amides is 1. The van der Waals surface area contributed by atoms with Gasteiger partial charge in [-0.2, -0.15) is 0 Å². The Labute approximate surface area is 178 Å². The lowest BCUT2D eigenvalue weighted by atomic mass is 10.2. The Kier molecular flexibility index (Phi) is 6.86. The van der Waals surface area contributed by atoms with E-state index in [1.54, 1.807) is 11.4 Å². The van der Waals surface area contributed by atoms with Crippen molar-refractivity contribution in [3.8, 4) is 0 Å². The molecule has 156 valence electrons. The fourth-order valence-corrected chi connectivity index (χ4v) is 4.56. The SMILES string of the molecule is CC(OC(=O)c1ccc(NS(=O)(=O)c2cccs2)cc1)C(=O)NCc1ccccc1. The smallest absolute Gasteiger partial charge is 0.338 e. The first-order chi connectivity index (χ1) is 14.3. The fraction of sp³-hybridized carbons (Fsp3) is 0.143. The minimum atomic E-state index is -3.66. The molecule has 1 amide bonds. The molecular formula is C21H20N2O5S2. The molecule has 0 bridgehead atoms. The number of hydrogen-bond donors (Lipinski definition) is 2. The third-order valence-electron chi connectivity index (χ3n) is 4.10. The van der Waals surface area contributed by atoms with Gasteiger partial charge in [-0.05, 0) is 48.2 Å². The molecular weight excluding hydrogens is 424 g/mol. The van der Waals surface area contributed by atoms with Crippen molar-refractivity contribution in [2.75, 3.05) is 4.72 Å². The molecule has 1 aromatic heterocycles. The van der Waals surface area contributed by atoms with Gasteiger partial charge in [0.15, 0.2) is 6.10 Å². The second kappa shape index (κ2) is 9.55. The van der Waals surface area contributed by atoms with E-state index in [9.17, 15) is 18.0 Å². The number of ether oxygens (including phenoxy) is 1. The molecule has 7 nitrogen and oxygen atoms in total. The predicted molar refractivity (Wildman–Crippen MR) is 115 cm³/mol. The summed E-state index contributed by atoms with van der Waals surface area (Å²) in [5.41, 5.74) is 1.45. The van der Waals surface area contributed by atoms with E-state index in [-0.39, 0.29) is 9.77 Å². The number of rotatable bonds is 8. The number of thiophene rings is 1. The highest BCUT2D eigenvalue weighted by Gasteiger charge is 2.19. The summed E-state index contributed by atoms with van der Waals surface area (Å²) < 4.78 is 32.3. The molecule has 30 heavy (non-hydrogen) atoms. The number of hydrogen-bond acceptors (Lipinski definition) is 6. The lowest BCUT2D eigenvalue weighted by molar-refractivity contribution is -0.129. The normalized spacial score (nSPS) is 12.0. The van der Waals surface area contributed by atoms with Crippen LogP contribution in [0, 0.1) is 0 Å². The maximum absolute atomic E-state index is 12.3. The van der Waals surface area contributed by atoms with Crippen molar-refractivity contribution in [2.24, 2.45) is 0 Å². The van der Waals surface area contributed by atoms with Crippen LogP contribution < -0.4 is 10.0 Å². The minimum Gasteiger partial charge on any atom is -0.449 e. The summed E-state index contributed by atoms with van der Waals surface area (Å²) in [6.45, 7) is 1.82. The average molecular weight is 445 g/mol. The average Bonchev–Trinajstić information content (AvgIpc) is 3.29. The van der Waals surface area contributed by atoms with Gasteiger partial charge in [0.25, 0.3) is 15.9 Å². The first kappa shape index (κ1) is 21.5. The van der Waals surface area contributed by atoms with Crippen LogP contribution >= 0.6 is 11.3 Å². The number of carbonyl (C=O) groups excluding carboxylic acids is 2. The second-order valence-corrected chi connectivity index (χ2v) is 9.22. The third kappa shape index (κ3) is 5.68. The van der Waals surface area contributed by atoms with Crippen LogP contribution in [0.15, 0.2) is 76.3 Å². The van der Waals surface area contributed by atoms with E-state index in [1.165, 1.54) is 37.3 Å². The van der Waals surface area contributed by atoms with Crippen LogP contribution in [0.25, 0.3) is 0 Å². The minimum absolute atomic E-state index is 0.196. The first-order valence-corrected chi connectivity index (χ1v) is 11.4. The highest BCUT2D eigenvalue weighted by atomic mass is 32.2. The van der Waals surface area contributed by atoms with Crippen LogP contribution in [-0.4, -0.2) is 26.4 Å². The van der Waals surface area contributed by atoms with Crippen molar-refractivity contribution in [3.05, 3.63) is 83.2 Å². The molecule has 0 aliphatic rings. The van der Waals surface area contributed by atoms with E-state index in [0.29, 0.717) is 12.2 Å². The van der Waals surface area contributed by atoms with Crippen molar-refractivity contribution in [2.45, 2.75) is 23.8 Å². The van der Waals surface area contributed by atoms with Gasteiger partial charge in [-0.1, -0.05) is 36.4 Å². The Morgan fingerprint density at radius 2 is 1.70 bits per heavy atom. The standard InChI is InChI=1S/C21H20N2O5S2/c1-15(20(24)22-14-16-6-3-2-4-7-16)28-21(25)17-9-11-18(12-10-17)23-30(26,27)19-8-5-13-29-19/h2-13,15,23H,14H2,1H3,(H,22,24). The Morgan fingerprint density at radius 3 is 2.33 bits per heavy atom. The zero-order chi connectivity index (χ0) is 21.6. The van der Waals surface area contributed by atoms with Crippen LogP contribution in [0.1, 0.15) is 22.8 Å². The van der Waals surface area contributed by atoms with Gasteiger partial charge in [0, 0.05) is 12.2 Å². The lowest BCUT2D eigenvalue weighted by Gasteiger charge is -2.14. The summed E-state index contributed by atoms with van der Waals surface area (Å²) >= 11 is 1.11. The third-order valence-corrected chi connectivity index (χ3v) is 6.87. The van der Waals surface area contributed by atoms with Crippen LogP contribution in [-0.2, 0) is 26.1 Å². The molecule has 1 unspecified atom stereocenters. The molecule has 9 heteroatoms. The predicted octanol–water partition coefficient (Wildman–Crippen LogP) is 3.41. The van der Waals surface area contributed by atoms with Gasteiger partial charge in [0.05, 0.1) is 5.56 Å². The highest BCUT2D eigenvalue weighted by molar-refractivity contribution is 7.94. The van der Waals surface area contributed by atoms with Crippen LogP contribution in [0.3, 0.4) is 0 Å². The van der Waals surface area contributed by atoms with E-state index >= 15 is 0 Å². The topological polar surface area (TPSA) is 102 Å². The van der Waals surface area contributed by atoms with Crippen molar-refractivity contribution < 1.29 is 22.7 Å². The van der Waals surface area contributed by atoms with E-state index in [1.807, 2.05) is 30.3 Å². The molecule has 2 N–H and O–H groups in total. The molecule has 3 aromatic rings. The summed E-state index contributed by atoms with van der Waals surface area (Å²) in [7, 11) is -3.66. The van der Waals surface area contributed by atoms with E-state index in [4.69, 9.17) is 4.74 Å². The van der Waals surface area contributed by atoms with Crippen molar-refractivity contribution in [1.29, 1.82) is 0 Å². The number of sulfonamides is 1. The van der Waals surface area contributed by atoms with Crippen LogP contribution in [0.5, 0.6) is 0 Å². The largest absolute Gasteiger partial charge is 0.449 e. The number of nitrogens with one attached hydrogen (secondary N) is 2. The first-order valence-electron chi connectivity index (χ1n) is 9.04. The van der Waals surface area contributed by atoms with Crippen LogP contribution in [0.2, 0.25) is 0 Å². The molecule has 0 aliphatic heterocycles. The quantitative estimate of drug-likeness (QED) is 0.519. The molecule has 0 spiro atoms. The number of esters is 1. The second-order valence-electron chi connectivity index (χ2n) is 6.37. The molecule has 1 atom stereocenters. The molecule has 0 saturated heterocycles. The summed E-state index contributed by atoms with van der Waals surface area (Å²) in [5, 5.41) is 4.38. The van der Waals surface area contributed by atoms with Crippen LogP contribution in [0.4, 0.5) is 5.69 Å². The van der Waals surface area contributed by atoms with Gasteiger partial charge in [-0.15, -0.1) is 11.3 Å². The summed E-state index contributed by atoms with van der Waals surface area (Å²) in [6, 6.07) is 18.3. The van der Waals surface area contributed by atoms with E-state index in [2.05, 4.69) is 10.0 Å². The Balaban J connectivity index is 1.54. The summed E-state index contributed by atoms with van der Waals surface area (Å²) in [5.74, 6) is -1.09. The van der Waals surface area contributed by atoms with Gasteiger partial charge in [0.1, 0.15) is 4.21 Å². The van der Waals surface area contributed by atoms with Crippen molar-refractivity contribution >= 4 is 38.9 Å². The molecule has 0 fully saturated rings. The Morgan fingerprint density at radius 1 is 1.00 bits per heavy atom. The fourth-order valence-electron chi connectivity index (χ4n) is 2.51. The maximum Gasteiger partial charge on any atom is 0.338 e. The van der Waals surface area contributed by atoms with Crippen molar-refractivity contribution in [1.82, 2.24) is 5.32 Å². The Hall–Kier alpha value is -3.17. The molecule has 0 aliphatic carbocycles. The maximum atomic E-state index is 12.3. The monoisotopic (exact) mass is 444 g/mol. The van der Waals surface area contributed by atoms with Gasteiger partial charge in [0.2, 0.25) is 0 Å². The molecule has 0 radical (unpaired) electrons. The Bertz CT molecular complexity index is 1100. The number of carbonyl (C=O) groups is 2. The zero-order valence-corrected chi connectivity index (χ0v) is 17.7. The molecule has 0 saturated carbocycles. The van der Waals surface area contributed by atoms with Gasteiger partial charge in [-0.3, -0.25) is 9.52 Å². The summed E-state index contributed by atoms with van der Waals surface area (Å²) in [6.07, 6.45) is -0.974. The number of anilines is 1. The highest BCUT2D eigenvalue weighted by Crippen LogP contribution is 2.20. The van der Waals surface area contributed by atoms with Crippen molar-refractivity contribution in [3.63, 3.8) is 0 Å². The number of benzene rings is 2. The van der Waals surface area contributed by atoms with Gasteiger partial charge < -0.3 is 10.1 Å². The molecule has 3 rings (SSSR count).